The molecule has 0 radical (unpaired) electrons. The minimum atomic E-state index is -0.338. The summed E-state index contributed by atoms with van der Waals surface area (Å²) in [4.78, 5) is 15.6. The van der Waals surface area contributed by atoms with Crippen molar-refractivity contribution in [3.63, 3.8) is 0 Å². The van der Waals surface area contributed by atoms with E-state index in [9.17, 15) is 9.18 Å². The number of piperidine rings is 1. The Bertz CT molecular complexity index is 836. The Hall–Kier alpha value is -2.20. The SMILES string of the molecule is CCNC(=O)C1(Cc2ccc(-c3ccccc3F)cc2)CCN(CC2CC2)CC1. The van der Waals surface area contributed by atoms with Crippen LogP contribution in [0.3, 0.4) is 0 Å². The number of carbonyl (C=O) groups excluding carboxylic acids is 1. The number of benzene rings is 2. The van der Waals surface area contributed by atoms with Crippen molar-refractivity contribution in [1.82, 2.24) is 10.2 Å². The molecule has 2 aliphatic rings. The van der Waals surface area contributed by atoms with Gasteiger partial charge in [-0.15, -0.1) is 0 Å². The van der Waals surface area contributed by atoms with E-state index in [1.165, 1.54) is 25.5 Å². The fraction of sp³-hybridized carbons (Fsp3) is 0.480. The maximum Gasteiger partial charge on any atom is 0.226 e. The lowest BCUT2D eigenvalue weighted by Gasteiger charge is -2.41. The highest BCUT2D eigenvalue weighted by atomic mass is 19.1. The van der Waals surface area contributed by atoms with Crippen molar-refractivity contribution in [2.75, 3.05) is 26.2 Å². The van der Waals surface area contributed by atoms with Crippen molar-refractivity contribution in [2.24, 2.45) is 11.3 Å². The first-order valence-corrected chi connectivity index (χ1v) is 10.9. The van der Waals surface area contributed by atoms with Crippen LogP contribution in [0.5, 0.6) is 0 Å². The number of likely N-dealkylation sites (tertiary alicyclic amines) is 1. The van der Waals surface area contributed by atoms with E-state index in [2.05, 4.69) is 22.3 Å². The Morgan fingerprint density at radius 1 is 1.10 bits per heavy atom. The maximum atomic E-state index is 14.1. The molecule has 0 unspecified atom stereocenters. The molecule has 2 fully saturated rings. The molecule has 0 aromatic heterocycles. The molecule has 4 rings (SSSR count). The molecular formula is C25H31FN2O. The zero-order valence-corrected chi connectivity index (χ0v) is 17.3. The Balaban J connectivity index is 1.49. The fourth-order valence-corrected chi connectivity index (χ4v) is 4.55. The lowest BCUT2D eigenvalue weighted by Crippen LogP contribution is -2.50. The van der Waals surface area contributed by atoms with Crippen LogP contribution in [0.4, 0.5) is 4.39 Å². The smallest absolute Gasteiger partial charge is 0.226 e. The summed E-state index contributed by atoms with van der Waals surface area (Å²) in [6.07, 6.45) is 5.29. The number of amides is 1. The maximum absolute atomic E-state index is 14.1. The van der Waals surface area contributed by atoms with Gasteiger partial charge in [-0.1, -0.05) is 42.5 Å². The van der Waals surface area contributed by atoms with Gasteiger partial charge >= 0.3 is 0 Å². The first-order chi connectivity index (χ1) is 14.1. The minimum Gasteiger partial charge on any atom is -0.356 e. The second-order valence-electron chi connectivity index (χ2n) is 8.74. The van der Waals surface area contributed by atoms with Gasteiger partial charge in [0.2, 0.25) is 5.91 Å². The third kappa shape index (κ3) is 4.69. The summed E-state index contributed by atoms with van der Waals surface area (Å²) in [7, 11) is 0. The van der Waals surface area contributed by atoms with Gasteiger partial charge in [-0.05, 0) is 75.2 Å². The predicted octanol–water partition coefficient (Wildman–Crippen LogP) is 4.66. The van der Waals surface area contributed by atoms with Crippen molar-refractivity contribution in [2.45, 2.75) is 39.0 Å². The molecule has 2 aromatic carbocycles. The minimum absolute atomic E-state index is 0.184. The van der Waals surface area contributed by atoms with Gasteiger partial charge in [0.05, 0.1) is 5.41 Å². The van der Waals surface area contributed by atoms with Crippen molar-refractivity contribution in [3.05, 3.63) is 59.9 Å². The summed E-state index contributed by atoms with van der Waals surface area (Å²) in [6.45, 7) is 5.85. The van der Waals surface area contributed by atoms with E-state index < -0.39 is 0 Å². The van der Waals surface area contributed by atoms with Gasteiger partial charge in [-0.2, -0.15) is 0 Å². The molecule has 1 aliphatic heterocycles. The number of carbonyl (C=O) groups is 1. The van der Waals surface area contributed by atoms with E-state index in [4.69, 9.17) is 0 Å². The molecule has 1 saturated heterocycles. The molecule has 3 nitrogen and oxygen atoms in total. The van der Waals surface area contributed by atoms with Crippen LogP contribution in [-0.2, 0) is 11.2 Å². The van der Waals surface area contributed by atoms with Crippen LogP contribution < -0.4 is 5.32 Å². The molecule has 0 bridgehead atoms. The molecule has 0 atom stereocenters. The second-order valence-corrected chi connectivity index (χ2v) is 8.74. The zero-order chi connectivity index (χ0) is 20.3. The van der Waals surface area contributed by atoms with Gasteiger partial charge in [0.15, 0.2) is 0 Å². The highest BCUT2D eigenvalue weighted by Gasteiger charge is 2.41. The Morgan fingerprint density at radius 3 is 2.41 bits per heavy atom. The summed E-state index contributed by atoms with van der Waals surface area (Å²) in [6, 6.07) is 14.9. The van der Waals surface area contributed by atoms with Gasteiger partial charge in [0, 0.05) is 18.7 Å². The first-order valence-electron chi connectivity index (χ1n) is 10.9. The Kier molecular flexibility index (Phi) is 6.00. The summed E-state index contributed by atoms with van der Waals surface area (Å²) in [5.74, 6) is 0.865. The number of halogens is 1. The molecule has 1 aliphatic carbocycles. The third-order valence-corrected chi connectivity index (χ3v) is 6.53. The molecule has 1 saturated carbocycles. The van der Waals surface area contributed by atoms with Crippen LogP contribution >= 0.6 is 0 Å². The Labute approximate surface area is 173 Å². The van der Waals surface area contributed by atoms with E-state index in [0.717, 1.165) is 49.4 Å². The standard InChI is InChI=1S/C25H31FN2O/c1-2-27-24(29)25(13-15-28(16-14-25)18-20-7-8-20)17-19-9-11-21(12-10-19)22-5-3-4-6-23(22)26/h3-6,9-12,20H,2,7-8,13-18H2,1H3,(H,27,29). The van der Waals surface area contributed by atoms with E-state index in [-0.39, 0.29) is 17.1 Å². The number of hydrogen-bond donors (Lipinski definition) is 1. The lowest BCUT2D eigenvalue weighted by atomic mass is 9.72. The van der Waals surface area contributed by atoms with Gasteiger partial charge in [-0.3, -0.25) is 4.79 Å². The number of nitrogens with one attached hydrogen (secondary N) is 1. The predicted molar refractivity (Wildman–Crippen MR) is 115 cm³/mol. The van der Waals surface area contributed by atoms with Gasteiger partial charge < -0.3 is 10.2 Å². The quantitative estimate of drug-likeness (QED) is 0.741. The molecule has 1 heterocycles. The van der Waals surface area contributed by atoms with Gasteiger partial charge in [-0.25, -0.2) is 4.39 Å². The number of hydrogen-bond acceptors (Lipinski definition) is 2. The highest BCUT2D eigenvalue weighted by Crippen LogP contribution is 2.38. The lowest BCUT2D eigenvalue weighted by molar-refractivity contribution is -0.133. The average molecular weight is 395 g/mol. The molecule has 1 N–H and O–H groups in total. The largest absolute Gasteiger partial charge is 0.356 e. The van der Waals surface area contributed by atoms with E-state index in [0.29, 0.717) is 12.1 Å². The monoisotopic (exact) mass is 394 g/mol. The zero-order valence-electron chi connectivity index (χ0n) is 17.3. The average Bonchev–Trinajstić information content (AvgIpc) is 3.55. The molecular weight excluding hydrogens is 363 g/mol. The van der Waals surface area contributed by atoms with Crippen LogP contribution in [0.2, 0.25) is 0 Å². The molecule has 1 amide bonds. The third-order valence-electron chi connectivity index (χ3n) is 6.53. The van der Waals surface area contributed by atoms with Crippen molar-refractivity contribution < 1.29 is 9.18 Å². The summed E-state index contributed by atoms with van der Waals surface area (Å²) in [5, 5.41) is 3.08. The molecule has 154 valence electrons. The van der Waals surface area contributed by atoms with Crippen LogP contribution in [0, 0.1) is 17.2 Å². The summed E-state index contributed by atoms with van der Waals surface area (Å²) >= 11 is 0. The fourth-order valence-electron chi connectivity index (χ4n) is 4.55. The van der Waals surface area contributed by atoms with Crippen LogP contribution in [0.15, 0.2) is 48.5 Å². The van der Waals surface area contributed by atoms with Crippen LogP contribution in [0.1, 0.15) is 38.2 Å². The normalized spacial score (nSPS) is 19.1. The summed E-state index contributed by atoms with van der Waals surface area (Å²) in [5.41, 5.74) is 2.30. The summed E-state index contributed by atoms with van der Waals surface area (Å²) < 4.78 is 14.1. The van der Waals surface area contributed by atoms with Crippen molar-refractivity contribution in [1.29, 1.82) is 0 Å². The first kappa shape index (κ1) is 20.1. The topological polar surface area (TPSA) is 32.3 Å². The molecule has 2 aromatic rings. The van der Waals surface area contributed by atoms with E-state index in [1.54, 1.807) is 12.1 Å². The van der Waals surface area contributed by atoms with Crippen molar-refractivity contribution in [3.8, 4) is 11.1 Å². The Morgan fingerprint density at radius 2 is 1.79 bits per heavy atom. The van der Waals surface area contributed by atoms with E-state index >= 15 is 0 Å². The van der Waals surface area contributed by atoms with Crippen LogP contribution in [-0.4, -0.2) is 37.0 Å². The molecule has 29 heavy (non-hydrogen) atoms. The van der Waals surface area contributed by atoms with E-state index in [1.807, 2.05) is 25.1 Å². The highest BCUT2D eigenvalue weighted by molar-refractivity contribution is 5.83. The number of rotatable bonds is 7. The number of nitrogens with zero attached hydrogens (tertiary/aromatic N) is 1. The van der Waals surface area contributed by atoms with Gasteiger partial charge in [0.1, 0.15) is 5.82 Å². The molecule has 4 heteroatoms. The van der Waals surface area contributed by atoms with Crippen LogP contribution in [0.25, 0.3) is 11.1 Å². The van der Waals surface area contributed by atoms with Gasteiger partial charge in [0.25, 0.3) is 0 Å². The van der Waals surface area contributed by atoms with Crippen molar-refractivity contribution >= 4 is 5.91 Å². The molecule has 0 spiro atoms. The second kappa shape index (κ2) is 8.66.